The minimum absolute atomic E-state index is 0.305. The molecule has 0 aliphatic heterocycles. The number of nitriles is 1. The number of hydrogen-bond donors (Lipinski definition) is 1. The lowest BCUT2D eigenvalue weighted by atomic mass is 10.1. The summed E-state index contributed by atoms with van der Waals surface area (Å²) in [6.07, 6.45) is 2.72. The Hall–Kier alpha value is -3.20. The SMILES string of the molecule is Cc1cc(-c2cccc(C#N)c2)nc2cnn(CCCC(N)=O)c12. The van der Waals surface area contributed by atoms with E-state index < -0.39 is 0 Å². The van der Waals surface area contributed by atoms with Crippen molar-refractivity contribution in [3.63, 3.8) is 0 Å². The summed E-state index contributed by atoms with van der Waals surface area (Å²) in [4.78, 5) is 15.5. The Morgan fingerprint density at radius 1 is 1.38 bits per heavy atom. The molecular formula is C18H17N5O. The first kappa shape index (κ1) is 15.7. The van der Waals surface area contributed by atoms with Crippen LogP contribution in [0.3, 0.4) is 0 Å². The smallest absolute Gasteiger partial charge is 0.217 e. The molecule has 24 heavy (non-hydrogen) atoms. The summed E-state index contributed by atoms with van der Waals surface area (Å²) in [5, 5.41) is 13.4. The fourth-order valence-electron chi connectivity index (χ4n) is 2.77. The molecule has 6 nitrogen and oxygen atoms in total. The zero-order chi connectivity index (χ0) is 17.1. The number of hydrogen-bond acceptors (Lipinski definition) is 4. The van der Waals surface area contributed by atoms with E-state index in [4.69, 9.17) is 11.0 Å². The van der Waals surface area contributed by atoms with Gasteiger partial charge in [0.1, 0.15) is 5.52 Å². The third kappa shape index (κ3) is 3.10. The summed E-state index contributed by atoms with van der Waals surface area (Å²) in [7, 11) is 0. The van der Waals surface area contributed by atoms with Crippen molar-refractivity contribution in [1.82, 2.24) is 14.8 Å². The number of pyridine rings is 1. The van der Waals surface area contributed by atoms with Gasteiger partial charge in [-0.05, 0) is 37.1 Å². The van der Waals surface area contributed by atoms with Gasteiger partial charge in [0, 0.05) is 18.5 Å². The summed E-state index contributed by atoms with van der Waals surface area (Å²) in [5.74, 6) is -0.305. The number of carbonyl (C=O) groups is 1. The van der Waals surface area contributed by atoms with E-state index in [9.17, 15) is 4.79 Å². The summed E-state index contributed by atoms with van der Waals surface area (Å²) < 4.78 is 1.86. The molecule has 0 spiro atoms. The van der Waals surface area contributed by atoms with Crippen LogP contribution in [0.15, 0.2) is 36.5 Å². The Labute approximate surface area is 139 Å². The van der Waals surface area contributed by atoms with E-state index >= 15 is 0 Å². The third-order valence-corrected chi connectivity index (χ3v) is 3.87. The molecule has 3 aromatic rings. The first-order chi connectivity index (χ1) is 11.6. The lowest BCUT2D eigenvalue weighted by Crippen LogP contribution is -2.12. The van der Waals surface area contributed by atoms with E-state index in [0.29, 0.717) is 24.9 Å². The van der Waals surface area contributed by atoms with Gasteiger partial charge in [-0.1, -0.05) is 12.1 Å². The van der Waals surface area contributed by atoms with E-state index in [1.165, 1.54) is 0 Å². The lowest BCUT2D eigenvalue weighted by Gasteiger charge is -2.07. The second-order valence-corrected chi connectivity index (χ2v) is 5.69. The van der Waals surface area contributed by atoms with Crippen molar-refractivity contribution in [3.8, 4) is 17.3 Å². The van der Waals surface area contributed by atoms with Crippen LogP contribution < -0.4 is 5.73 Å². The molecule has 0 radical (unpaired) electrons. The van der Waals surface area contributed by atoms with Crippen LogP contribution in [0.4, 0.5) is 0 Å². The third-order valence-electron chi connectivity index (χ3n) is 3.87. The largest absolute Gasteiger partial charge is 0.370 e. The minimum Gasteiger partial charge on any atom is -0.370 e. The predicted molar refractivity (Wildman–Crippen MR) is 90.8 cm³/mol. The van der Waals surface area contributed by atoms with Crippen LogP contribution in [-0.4, -0.2) is 20.7 Å². The van der Waals surface area contributed by atoms with Crippen molar-refractivity contribution in [3.05, 3.63) is 47.7 Å². The number of aryl methyl sites for hydroxylation is 2. The molecular weight excluding hydrogens is 302 g/mol. The molecule has 0 atom stereocenters. The summed E-state index contributed by atoms with van der Waals surface area (Å²) in [5.41, 5.74) is 10.3. The van der Waals surface area contributed by atoms with Crippen molar-refractivity contribution in [1.29, 1.82) is 5.26 Å². The van der Waals surface area contributed by atoms with Crippen LogP contribution >= 0.6 is 0 Å². The zero-order valence-electron chi connectivity index (χ0n) is 13.4. The Balaban J connectivity index is 1.97. The van der Waals surface area contributed by atoms with Gasteiger partial charge in [-0.15, -0.1) is 0 Å². The quantitative estimate of drug-likeness (QED) is 0.781. The Morgan fingerprint density at radius 2 is 2.21 bits per heavy atom. The number of nitrogens with zero attached hydrogens (tertiary/aromatic N) is 4. The molecule has 6 heteroatoms. The summed E-state index contributed by atoms with van der Waals surface area (Å²) in [6.45, 7) is 2.63. The van der Waals surface area contributed by atoms with E-state index in [-0.39, 0.29) is 5.91 Å². The van der Waals surface area contributed by atoms with Crippen molar-refractivity contribution in [2.45, 2.75) is 26.3 Å². The maximum Gasteiger partial charge on any atom is 0.217 e. The topological polar surface area (TPSA) is 97.6 Å². The molecule has 2 aromatic heterocycles. The molecule has 120 valence electrons. The van der Waals surface area contributed by atoms with E-state index in [2.05, 4.69) is 16.2 Å². The Kier molecular flexibility index (Phi) is 4.25. The van der Waals surface area contributed by atoms with Crippen LogP contribution in [0.25, 0.3) is 22.3 Å². The van der Waals surface area contributed by atoms with Gasteiger partial charge in [-0.3, -0.25) is 9.48 Å². The lowest BCUT2D eigenvalue weighted by molar-refractivity contribution is -0.118. The standard InChI is InChI=1S/C18H17N5O/c1-12-8-15(14-5-2-4-13(9-14)10-19)22-16-11-21-23(18(12)16)7-3-6-17(20)24/h2,4-5,8-9,11H,3,6-7H2,1H3,(H2,20,24). The molecule has 0 fully saturated rings. The zero-order valence-corrected chi connectivity index (χ0v) is 13.4. The average molecular weight is 319 g/mol. The molecule has 0 saturated heterocycles. The average Bonchev–Trinajstić information content (AvgIpc) is 2.98. The highest BCUT2D eigenvalue weighted by molar-refractivity contribution is 5.81. The van der Waals surface area contributed by atoms with Gasteiger partial charge in [0.15, 0.2) is 0 Å². The van der Waals surface area contributed by atoms with Gasteiger partial charge in [-0.2, -0.15) is 10.4 Å². The van der Waals surface area contributed by atoms with Crippen LogP contribution in [-0.2, 0) is 11.3 Å². The molecule has 1 aromatic carbocycles. The maximum absolute atomic E-state index is 10.9. The van der Waals surface area contributed by atoms with Crippen LogP contribution in [0.2, 0.25) is 0 Å². The van der Waals surface area contributed by atoms with Crippen molar-refractivity contribution in [2.75, 3.05) is 0 Å². The van der Waals surface area contributed by atoms with E-state index in [0.717, 1.165) is 27.9 Å². The molecule has 0 saturated carbocycles. The second kappa shape index (κ2) is 6.50. The van der Waals surface area contributed by atoms with Crippen molar-refractivity contribution in [2.24, 2.45) is 5.73 Å². The fraction of sp³-hybridized carbons (Fsp3) is 0.222. The van der Waals surface area contributed by atoms with Gasteiger partial charge in [0.25, 0.3) is 0 Å². The molecule has 3 rings (SSSR count). The van der Waals surface area contributed by atoms with Gasteiger partial charge in [0.05, 0.1) is 29.0 Å². The van der Waals surface area contributed by atoms with E-state index in [1.54, 1.807) is 12.3 Å². The summed E-state index contributed by atoms with van der Waals surface area (Å²) in [6, 6.07) is 11.5. The molecule has 1 amide bonds. The normalized spacial score (nSPS) is 10.7. The Bertz CT molecular complexity index is 952. The van der Waals surface area contributed by atoms with Crippen LogP contribution in [0.1, 0.15) is 24.0 Å². The Morgan fingerprint density at radius 3 is 2.96 bits per heavy atom. The van der Waals surface area contributed by atoms with Gasteiger partial charge < -0.3 is 5.73 Å². The molecule has 0 aliphatic carbocycles. The first-order valence-corrected chi connectivity index (χ1v) is 7.70. The molecule has 0 aliphatic rings. The number of primary amides is 1. The number of carbonyl (C=O) groups excluding carboxylic acids is 1. The minimum atomic E-state index is -0.305. The molecule has 2 heterocycles. The van der Waals surface area contributed by atoms with Crippen molar-refractivity contribution < 1.29 is 4.79 Å². The monoisotopic (exact) mass is 319 g/mol. The maximum atomic E-state index is 10.9. The van der Waals surface area contributed by atoms with Crippen molar-refractivity contribution >= 4 is 16.9 Å². The highest BCUT2D eigenvalue weighted by Crippen LogP contribution is 2.25. The summed E-state index contributed by atoms with van der Waals surface area (Å²) >= 11 is 0. The number of nitrogens with two attached hydrogens (primary N) is 1. The first-order valence-electron chi connectivity index (χ1n) is 7.70. The van der Waals surface area contributed by atoms with Crippen LogP contribution in [0.5, 0.6) is 0 Å². The highest BCUT2D eigenvalue weighted by Gasteiger charge is 2.11. The highest BCUT2D eigenvalue weighted by atomic mass is 16.1. The van der Waals surface area contributed by atoms with Gasteiger partial charge in [-0.25, -0.2) is 4.98 Å². The number of amides is 1. The second-order valence-electron chi connectivity index (χ2n) is 5.69. The number of rotatable bonds is 5. The predicted octanol–water partition coefficient (Wildman–Crippen LogP) is 2.54. The number of fused-ring (bicyclic) bond motifs is 1. The number of aromatic nitrogens is 3. The van der Waals surface area contributed by atoms with Crippen LogP contribution in [0, 0.1) is 18.3 Å². The van der Waals surface area contributed by atoms with E-state index in [1.807, 2.05) is 35.9 Å². The molecule has 0 bridgehead atoms. The van der Waals surface area contributed by atoms with Gasteiger partial charge in [0.2, 0.25) is 5.91 Å². The number of benzene rings is 1. The van der Waals surface area contributed by atoms with Gasteiger partial charge >= 0.3 is 0 Å². The molecule has 0 unspecified atom stereocenters. The fourth-order valence-corrected chi connectivity index (χ4v) is 2.77. The molecule has 2 N–H and O–H groups in total.